The second kappa shape index (κ2) is 10.6. The van der Waals surface area contributed by atoms with Crippen molar-refractivity contribution in [1.82, 2.24) is 10.2 Å². The minimum atomic E-state index is -0.835. The molecule has 2 fully saturated rings. The number of fused-ring (bicyclic) bond motifs is 2. The quantitative estimate of drug-likeness (QED) is 0.514. The molecule has 0 aromatic heterocycles. The molecule has 1 unspecified atom stereocenters. The van der Waals surface area contributed by atoms with Crippen LogP contribution in [0.2, 0.25) is 0 Å². The Kier molecular flexibility index (Phi) is 6.89. The van der Waals surface area contributed by atoms with E-state index in [0.29, 0.717) is 37.8 Å². The number of aliphatic hydroxyl groups is 1. The first-order valence-corrected chi connectivity index (χ1v) is 13.5. The van der Waals surface area contributed by atoms with Gasteiger partial charge in [-0.15, -0.1) is 0 Å². The lowest BCUT2D eigenvalue weighted by molar-refractivity contribution is -0.126. The van der Waals surface area contributed by atoms with E-state index in [1.165, 1.54) is 10.8 Å². The molecule has 3 atom stereocenters. The van der Waals surface area contributed by atoms with E-state index in [-0.39, 0.29) is 11.8 Å². The lowest BCUT2D eigenvalue weighted by Gasteiger charge is -2.30. The van der Waals surface area contributed by atoms with Crippen molar-refractivity contribution >= 4 is 22.4 Å². The molecule has 0 bridgehead atoms. The fourth-order valence-electron chi connectivity index (χ4n) is 5.83. The molecule has 2 saturated heterocycles. The zero-order valence-corrected chi connectivity index (χ0v) is 21.1. The van der Waals surface area contributed by atoms with Crippen molar-refractivity contribution in [2.45, 2.75) is 31.4 Å². The molecule has 2 N–H and O–H groups in total. The number of ether oxygens (including phenoxy) is 2. The summed E-state index contributed by atoms with van der Waals surface area (Å²) in [6.07, 6.45) is 2.28. The van der Waals surface area contributed by atoms with E-state index in [0.717, 1.165) is 50.1 Å². The van der Waals surface area contributed by atoms with Crippen LogP contribution < -0.4 is 19.7 Å². The number of nitrogens with zero attached hydrogens (tertiary/aromatic N) is 2. The van der Waals surface area contributed by atoms with E-state index in [1.807, 2.05) is 18.2 Å². The lowest BCUT2D eigenvalue weighted by atomic mass is 9.99. The van der Waals surface area contributed by atoms with Gasteiger partial charge in [0.15, 0.2) is 11.5 Å². The smallest absolute Gasteiger partial charge is 0.225 e. The monoisotopic (exact) mass is 501 g/mol. The molecule has 194 valence electrons. The van der Waals surface area contributed by atoms with E-state index >= 15 is 0 Å². The molecule has 3 aliphatic heterocycles. The molecule has 1 amide bonds. The summed E-state index contributed by atoms with van der Waals surface area (Å²) in [5, 5.41) is 17.1. The molecular formula is C30H35N3O4. The molecule has 0 spiro atoms. The Morgan fingerprint density at radius 1 is 0.946 bits per heavy atom. The summed E-state index contributed by atoms with van der Waals surface area (Å²) in [5.74, 6) is 1.25. The molecule has 6 rings (SSSR count). The van der Waals surface area contributed by atoms with Crippen molar-refractivity contribution in [3.63, 3.8) is 0 Å². The number of hydrogen-bond acceptors (Lipinski definition) is 6. The number of hydrogen-bond donors (Lipinski definition) is 2. The van der Waals surface area contributed by atoms with Crippen molar-refractivity contribution in [3.8, 4) is 11.5 Å². The van der Waals surface area contributed by atoms with Crippen LogP contribution in [0.1, 0.15) is 30.9 Å². The van der Waals surface area contributed by atoms with Crippen LogP contribution in [-0.4, -0.2) is 67.9 Å². The van der Waals surface area contributed by atoms with Crippen LogP contribution in [0.25, 0.3) is 10.8 Å². The van der Waals surface area contributed by atoms with Gasteiger partial charge < -0.3 is 29.7 Å². The fraction of sp³-hybridized carbons (Fsp3) is 0.433. The van der Waals surface area contributed by atoms with E-state index in [4.69, 9.17) is 9.47 Å². The van der Waals surface area contributed by atoms with E-state index in [1.54, 1.807) is 0 Å². The van der Waals surface area contributed by atoms with Gasteiger partial charge in [-0.05, 0) is 73.0 Å². The maximum absolute atomic E-state index is 13.5. The van der Waals surface area contributed by atoms with Crippen LogP contribution in [0.15, 0.2) is 60.7 Å². The molecule has 3 heterocycles. The predicted molar refractivity (Wildman–Crippen MR) is 144 cm³/mol. The van der Waals surface area contributed by atoms with Crippen LogP contribution in [0, 0.1) is 5.92 Å². The third-order valence-electron chi connectivity index (χ3n) is 7.93. The minimum absolute atomic E-state index is 0.0177. The van der Waals surface area contributed by atoms with Gasteiger partial charge in [0, 0.05) is 25.3 Å². The highest BCUT2D eigenvalue weighted by Crippen LogP contribution is 2.34. The number of benzene rings is 3. The number of anilines is 1. The Balaban J connectivity index is 1.15. The maximum atomic E-state index is 13.5. The number of rotatable bonds is 7. The second-order valence-electron chi connectivity index (χ2n) is 10.4. The van der Waals surface area contributed by atoms with E-state index in [2.05, 4.69) is 57.6 Å². The summed E-state index contributed by atoms with van der Waals surface area (Å²) >= 11 is 0. The SMILES string of the molecule is O=C(N[C@H](CN1CCCC1)[C@H](O)c1ccc2c(c1)OCCO2)C1CCN(c2ccc3ccccc3c2)C1. The van der Waals surface area contributed by atoms with Crippen LogP contribution in [0.5, 0.6) is 11.5 Å². The first-order chi connectivity index (χ1) is 18.1. The number of carbonyl (C=O) groups is 1. The van der Waals surface area contributed by atoms with Gasteiger partial charge in [-0.1, -0.05) is 36.4 Å². The van der Waals surface area contributed by atoms with Crippen molar-refractivity contribution in [3.05, 3.63) is 66.2 Å². The molecule has 0 saturated carbocycles. The largest absolute Gasteiger partial charge is 0.486 e. The first kappa shape index (κ1) is 24.1. The van der Waals surface area contributed by atoms with Crippen LogP contribution in [-0.2, 0) is 4.79 Å². The summed E-state index contributed by atoms with van der Waals surface area (Å²) in [5.41, 5.74) is 1.89. The molecule has 3 aliphatic rings. The van der Waals surface area contributed by atoms with E-state index in [9.17, 15) is 9.90 Å². The highest BCUT2D eigenvalue weighted by atomic mass is 16.6. The first-order valence-electron chi connectivity index (χ1n) is 13.5. The van der Waals surface area contributed by atoms with Gasteiger partial charge >= 0.3 is 0 Å². The third kappa shape index (κ3) is 5.24. The normalized spacial score (nSPS) is 21.2. The molecular weight excluding hydrogens is 466 g/mol. The Morgan fingerprint density at radius 2 is 1.73 bits per heavy atom. The maximum Gasteiger partial charge on any atom is 0.225 e. The van der Waals surface area contributed by atoms with Crippen molar-refractivity contribution in [2.24, 2.45) is 5.92 Å². The number of likely N-dealkylation sites (tertiary alicyclic amines) is 1. The number of amides is 1. The molecule has 3 aromatic rings. The van der Waals surface area contributed by atoms with Gasteiger partial charge in [-0.3, -0.25) is 4.79 Å². The summed E-state index contributed by atoms with van der Waals surface area (Å²) < 4.78 is 11.4. The van der Waals surface area contributed by atoms with Gasteiger partial charge in [0.1, 0.15) is 19.3 Å². The summed E-state index contributed by atoms with van der Waals surface area (Å²) in [4.78, 5) is 18.1. The average Bonchev–Trinajstić information content (AvgIpc) is 3.64. The molecule has 7 nitrogen and oxygen atoms in total. The van der Waals surface area contributed by atoms with Crippen LogP contribution >= 0.6 is 0 Å². The van der Waals surface area contributed by atoms with Gasteiger partial charge in [-0.25, -0.2) is 0 Å². The number of carbonyl (C=O) groups excluding carboxylic acids is 1. The van der Waals surface area contributed by atoms with Gasteiger partial charge in [0.05, 0.1) is 12.0 Å². The van der Waals surface area contributed by atoms with Crippen molar-refractivity contribution in [2.75, 3.05) is 50.8 Å². The Labute approximate surface area is 218 Å². The topological polar surface area (TPSA) is 74.3 Å². The van der Waals surface area contributed by atoms with Gasteiger partial charge in [-0.2, -0.15) is 0 Å². The Morgan fingerprint density at radius 3 is 2.57 bits per heavy atom. The third-order valence-corrected chi connectivity index (χ3v) is 7.93. The van der Waals surface area contributed by atoms with Crippen LogP contribution in [0.3, 0.4) is 0 Å². The minimum Gasteiger partial charge on any atom is -0.486 e. The summed E-state index contributed by atoms with van der Waals surface area (Å²) in [6.45, 7) is 5.18. The standard InChI is InChI=1S/C30H35N3O4/c34-29(23-8-10-27-28(18-23)37-16-15-36-27)26(20-32-12-3-4-13-32)31-30(35)24-11-14-33(19-24)25-9-7-21-5-1-2-6-22(21)17-25/h1-2,5-10,17-18,24,26,29,34H,3-4,11-16,19-20H2,(H,31,35)/t24?,26-,29-/m1/s1. The molecule has 3 aromatic carbocycles. The Hall–Kier alpha value is -3.29. The Bertz CT molecular complexity index is 1260. The molecule has 0 radical (unpaired) electrons. The predicted octanol–water partition coefficient (Wildman–Crippen LogP) is 3.75. The van der Waals surface area contributed by atoms with Gasteiger partial charge in [0.2, 0.25) is 5.91 Å². The zero-order valence-electron chi connectivity index (χ0n) is 21.1. The summed E-state index contributed by atoms with van der Waals surface area (Å²) in [6, 6.07) is 20.0. The summed E-state index contributed by atoms with van der Waals surface area (Å²) in [7, 11) is 0. The van der Waals surface area contributed by atoms with E-state index < -0.39 is 12.1 Å². The zero-order chi connectivity index (χ0) is 25.2. The molecule has 0 aliphatic carbocycles. The fourth-order valence-corrected chi connectivity index (χ4v) is 5.83. The number of aliphatic hydroxyl groups excluding tert-OH is 1. The highest BCUT2D eigenvalue weighted by molar-refractivity contribution is 5.86. The second-order valence-corrected chi connectivity index (χ2v) is 10.4. The van der Waals surface area contributed by atoms with Crippen molar-refractivity contribution < 1.29 is 19.4 Å². The van der Waals surface area contributed by atoms with Crippen LogP contribution in [0.4, 0.5) is 5.69 Å². The lowest BCUT2D eigenvalue weighted by Crippen LogP contribution is -2.48. The molecule has 7 heteroatoms. The van der Waals surface area contributed by atoms with Gasteiger partial charge in [0.25, 0.3) is 0 Å². The molecule has 37 heavy (non-hydrogen) atoms. The highest BCUT2D eigenvalue weighted by Gasteiger charge is 2.33. The number of nitrogens with one attached hydrogen (secondary N) is 1. The van der Waals surface area contributed by atoms with Crippen molar-refractivity contribution in [1.29, 1.82) is 0 Å². The average molecular weight is 502 g/mol.